The molecular weight excluding hydrogens is 390 g/mol. The van der Waals surface area contributed by atoms with Crippen molar-refractivity contribution in [1.29, 1.82) is 0 Å². The van der Waals surface area contributed by atoms with Crippen molar-refractivity contribution in [3.63, 3.8) is 0 Å². The van der Waals surface area contributed by atoms with Gasteiger partial charge in [-0.1, -0.05) is 17.4 Å². The zero-order chi connectivity index (χ0) is 20.5. The summed E-state index contributed by atoms with van der Waals surface area (Å²) in [4.78, 5) is 31.4. The average Bonchev–Trinajstić information content (AvgIpc) is 3.29. The van der Waals surface area contributed by atoms with E-state index in [9.17, 15) is 9.59 Å². The molecule has 0 saturated carbocycles. The first-order valence-electron chi connectivity index (χ1n) is 9.19. The van der Waals surface area contributed by atoms with Crippen LogP contribution in [0, 0.1) is 12.8 Å². The second-order valence-corrected chi connectivity index (χ2v) is 7.95. The van der Waals surface area contributed by atoms with Crippen LogP contribution in [0.15, 0.2) is 36.4 Å². The number of rotatable bonds is 5. The van der Waals surface area contributed by atoms with Crippen molar-refractivity contribution in [2.24, 2.45) is 5.92 Å². The van der Waals surface area contributed by atoms with E-state index in [0.29, 0.717) is 22.3 Å². The molecule has 2 amide bonds. The van der Waals surface area contributed by atoms with Gasteiger partial charge in [-0.3, -0.25) is 9.59 Å². The summed E-state index contributed by atoms with van der Waals surface area (Å²) in [6.45, 7) is 2.29. The lowest BCUT2D eigenvalue weighted by atomic mass is 10.1. The fourth-order valence-corrected chi connectivity index (χ4v) is 4.38. The summed E-state index contributed by atoms with van der Waals surface area (Å²) in [5.74, 6) is 0.371. The van der Waals surface area contributed by atoms with Crippen LogP contribution in [0.25, 0.3) is 10.2 Å². The molecule has 7 nitrogen and oxygen atoms in total. The fourth-order valence-electron chi connectivity index (χ4n) is 3.42. The second kappa shape index (κ2) is 7.71. The number of ether oxygens (including phenoxy) is 2. The summed E-state index contributed by atoms with van der Waals surface area (Å²) >= 11 is 1.43. The number of methoxy groups -OCH3 is 2. The third-order valence-corrected chi connectivity index (χ3v) is 5.88. The van der Waals surface area contributed by atoms with Gasteiger partial charge in [-0.15, -0.1) is 0 Å². The Morgan fingerprint density at radius 2 is 2.03 bits per heavy atom. The molecule has 2 heterocycles. The highest BCUT2D eigenvalue weighted by Crippen LogP contribution is 2.36. The number of nitrogens with zero attached hydrogens (tertiary/aromatic N) is 2. The predicted octanol–water partition coefficient (Wildman–Crippen LogP) is 3.61. The molecule has 29 heavy (non-hydrogen) atoms. The minimum atomic E-state index is -0.466. The van der Waals surface area contributed by atoms with Gasteiger partial charge in [-0.05, 0) is 36.8 Å². The van der Waals surface area contributed by atoms with Crippen molar-refractivity contribution in [1.82, 2.24) is 4.98 Å². The molecule has 1 atom stereocenters. The Morgan fingerprint density at radius 3 is 2.79 bits per heavy atom. The van der Waals surface area contributed by atoms with Crippen LogP contribution in [0.5, 0.6) is 11.5 Å². The first-order valence-corrected chi connectivity index (χ1v) is 10.0. The maximum Gasteiger partial charge on any atom is 0.231 e. The number of hydrogen-bond acceptors (Lipinski definition) is 6. The van der Waals surface area contributed by atoms with Crippen molar-refractivity contribution in [2.45, 2.75) is 13.3 Å². The molecule has 1 saturated heterocycles. The van der Waals surface area contributed by atoms with Gasteiger partial charge in [0, 0.05) is 19.0 Å². The number of thiazole rings is 1. The lowest BCUT2D eigenvalue weighted by molar-refractivity contribution is -0.122. The van der Waals surface area contributed by atoms with Gasteiger partial charge >= 0.3 is 0 Å². The molecule has 0 radical (unpaired) electrons. The van der Waals surface area contributed by atoms with Crippen LogP contribution in [-0.4, -0.2) is 37.6 Å². The number of nitrogens with one attached hydrogen (secondary N) is 1. The molecule has 1 aromatic heterocycles. The van der Waals surface area contributed by atoms with E-state index in [2.05, 4.69) is 10.3 Å². The first kappa shape index (κ1) is 19.2. The van der Waals surface area contributed by atoms with E-state index in [1.54, 1.807) is 37.3 Å². The van der Waals surface area contributed by atoms with Crippen molar-refractivity contribution in [2.75, 3.05) is 31.0 Å². The maximum atomic E-state index is 12.8. The number of benzene rings is 2. The smallest absolute Gasteiger partial charge is 0.231 e. The summed E-state index contributed by atoms with van der Waals surface area (Å²) in [5, 5.41) is 3.41. The molecule has 3 aromatic rings. The number of carbonyl (C=O) groups is 2. The Hall–Kier alpha value is -3.13. The highest BCUT2D eigenvalue weighted by molar-refractivity contribution is 7.22. The van der Waals surface area contributed by atoms with Crippen LogP contribution >= 0.6 is 11.3 Å². The number of amides is 2. The van der Waals surface area contributed by atoms with E-state index >= 15 is 0 Å². The van der Waals surface area contributed by atoms with Crippen molar-refractivity contribution >= 4 is 44.2 Å². The van der Waals surface area contributed by atoms with E-state index in [4.69, 9.17) is 9.47 Å². The molecule has 0 aliphatic carbocycles. The SMILES string of the molecule is COc1ccc(OC)c(N2CC(C(=O)Nc3nc4ccc(C)cc4s3)CC2=O)c1. The summed E-state index contributed by atoms with van der Waals surface area (Å²) in [6.07, 6.45) is 0.135. The Labute approximate surface area is 172 Å². The fraction of sp³-hybridized carbons (Fsp3) is 0.286. The Kier molecular flexibility index (Phi) is 5.10. The number of aromatic nitrogens is 1. The molecule has 0 bridgehead atoms. The number of fused-ring (bicyclic) bond motifs is 1. The van der Waals surface area contributed by atoms with Gasteiger partial charge in [0.05, 0.1) is 36.0 Å². The van der Waals surface area contributed by atoms with Crippen LogP contribution in [-0.2, 0) is 9.59 Å². The third kappa shape index (κ3) is 3.75. The average molecular weight is 411 g/mol. The van der Waals surface area contributed by atoms with Crippen molar-refractivity contribution in [3.8, 4) is 11.5 Å². The number of hydrogen-bond donors (Lipinski definition) is 1. The van der Waals surface area contributed by atoms with Crippen molar-refractivity contribution < 1.29 is 19.1 Å². The number of carbonyl (C=O) groups excluding carboxylic acids is 2. The van der Waals surface area contributed by atoms with Gasteiger partial charge in [-0.2, -0.15) is 0 Å². The molecular formula is C21H21N3O4S. The molecule has 0 spiro atoms. The van der Waals surface area contributed by atoms with Crippen LogP contribution < -0.4 is 19.7 Å². The van der Waals surface area contributed by atoms with Crippen LogP contribution in [0.2, 0.25) is 0 Å². The van der Waals surface area contributed by atoms with E-state index < -0.39 is 5.92 Å². The predicted molar refractivity (Wildman–Crippen MR) is 113 cm³/mol. The minimum absolute atomic E-state index is 0.128. The molecule has 2 aromatic carbocycles. The molecule has 1 aliphatic rings. The van der Waals surface area contributed by atoms with Gasteiger partial charge in [0.15, 0.2) is 5.13 Å². The van der Waals surface area contributed by atoms with Gasteiger partial charge in [-0.25, -0.2) is 4.98 Å². The monoisotopic (exact) mass is 411 g/mol. The van der Waals surface area contributed by atoms with Crippen LogP contribution in [0.4, 0.5) is 10.8 Å². The highest BCUT2D eigenvalue weighted by Gasteiger charge is 2.36. The number of anilines is 2. The van der Waals surface area contributed by atoms with Gasteiger partial charge in [0.25, 0.3) is 0 Å². The Bertz CT molecular complexity index is 1090. The maximum absolute atomic E-state index is 12.8. The zero-order valence-corrected chi connectivity index (χ0v) is 17.2. The standard InChI is InChI=1S/C21H21N3O4S/c1-12-4-6-15-18(8-12)29-21(22-15)23-20(26)13-9-19(25)24(11-13)16-10-14(27-2)5-7-17(16)28-3/h4-8,10,13H,9,11H2,1-3H3,(H,22,23,26). The molecule has 1 fully saturated rings. The van der Waals surface area contributed by atoms with E-state index in [1.807, 2.05) is 25.1 Å². The first-order chi connectivity index (χ1) is 14.0. The lowest BCUT2D eigenvalue weighted by Crippen LogP contribution is -2.28. The molecule has 8 heteroatoms. The van der Waals surface area contributed by atoms with Crippen molar-refractivity contribution in [3.05, 3.63) is 42.0 Å². The molecule has 1 N–H and O–H groups in total. The summed E-state index contributed by atoms with van der Waals surface area (Å²) < 4.78 is 11.7. The van der Waals surface area contributed by atoms with Gasteiger partial charge < -0.3 is 19.7 Å². The summed E-state index contributed by atoms with van der Waals surface area (Å²) in [7, 11) is 3.11. The topological polar surface area (TPSA) is 80.8 Å². The summed E-state index contributed by atoms with van der Waals surface area (Å²) in [5.41, 5.74) is 2.59. The largest absolute Gasteiger partial charge is 0.497 e. The summed E-state index contributed by atoms with van der Waals surface area (Å²) in [6, 6.07) is 11.2. The lowest BCUT2D eigenvalue weighted by Gasteiger charge is -2.20. The third-order valence-electron chi connectivity index (χ3n) is 4.95. The molecule has 150 valence electrons. The van der Waals surface area contributed by atoms with E-state index in [0.717, 1.165) is 15.8 Å². The van der Waals surface area contributed by atoms with Gasteiger partial charge in [0.1, 0.15) is 11.5 Å². The van der Waals surface area contributed by atoms with E-state index in [1.165, 1.54) is 11.3 Å². The highest BCUT2D eigenvalue weighted by atomic mass is 32.1. The van der Waals surface area contributed by atoms with Gasteiger partial charge in [0.2, 0.25) is 11.8 Å². The Morgan fingerprint density at radius 1 is 1.21 bits per heavy atom. The second-order valence-electron chi connectivity index (χ2n) is 6.92. The molecule has 1 unspecified atom stereocenters. The molecule has 1 aliphatic heterocycles. The zero-order valence-electron chi connectivity index (χ0n) is 16.4. The van der Waals surface area contributed by atoms with E-state index in [-0.39, 0.29) is 24.8 Å². The quantitative estimate of drug-likeness (QED) is 0.694. The normalized spacial score (nSPS) is 16.3. The van der Waals surface area contributed by atoms with Crippen LogP contribution in [0.1, 0.15) is 12.0 Å². The molecule has 4 rings (SSSR count). The minimum Gasteiger partial charge on any atom is -0.497 e. The van der Waals surface area contributed by atoms with Crippen LogP contribution in [0.3, 0.4) is 0 Å². The number of aryl methyl sites for hydroxylation is 1. The Balaban J connectivity index is 1.52.